The van der Waals surface area contributed by atoms with Crippen LogP contribution in [0, 0.1) is 0 Å². The first-order chi connectivity index (χ1) is 10.2. The van der Waals surface area contributed by atoms with E-state index in [1.54, 1.807) is 13.3 Å². The van der Waals surface area contributed by atoms with Gasteiger partial charge in [0.15, 0.2) is 5.75 Å². The summed E-state index contributed by atoms with van der Waals surface area (Å²) in [4.78, 5) is 0. The number of aryl methyl sites for hydroxylation is 1. The van der Waals surface area contributed by atoms with Crippen LogP contribution in [0.2, 0.25) is 0 Å². The van der Waals surface area contributed by atoms with Gasteiger partial charge in [-0.15, -0.1) is 0 Å². The number of ether oxygens (including phenoxy) is 1. The van der Waals surface area contributed by atoms with Gasteiger partial charge in [0.25, 0.3) is 0 Å². The van der Waals surface area contributed by atoms with Crippen molar-refractivity contribution in [3.05, 3.63) is 46.2 Å². The third-order valence-electron chi connectivity index (χ3n) is 3.40. The highest BCUT2D eigenvalue weighted by Gasteiger charge is 2.24. The summed E-state index contributed by atoms with van der Waals surface area (Å²) in [7, 11) is 1.69. The van der Waals surface area contributed by atoms with Crippen LogP contribution in [0.25, 0.3) is 0 Å². The SMILES string of the molecule is CCCn1ncc(OC)c1C(NCC)c1ccccc1Br. The molecule has 0 aliphatic heterocycles. The number of methoxy groups -OCH3 is 1. The Hall–Kier alpha value is -1.33. The lowest BCUT2D eigenvalue weighted by atomic mass is 10.0. The average Bonchev–Trinajstić information content (AvgIpc) is 2.89. The number of benzene rings is 1. The summed E-state index contributed by atoms with van der Waals surface area (Å²) in [6.07, 6.45) is 2.83. The molecule has 0 aliphatic carbocycles. The van der Waals surface area contributed by atoms with E-state index in [1.807, 2.05) is 10.7 Å². The summed E-state index contributed by atoms with van der Waals surface area (Å²) in [5, 5.41) is 8.02. The predicted molar refractivity (Wildman–Crippen MR) is 88.7 cm³/mol. The van der Waals surface area contributed by atoms with Gasteiger partial charge in [-0.3, -0.25) is 4.68 Å². The second-order valence-electron chi connectivity index (χ2n) is 4.83. The Morgan fingerprint density at radius 3 is 2.71 bits per heavy atom. The maximum absolute atomic E-state index is 5.52. The second kappa shape index (κ2) is 7.61. The van der Waals surface area contributed by atoms with E-state index in [1.165, 1.54) is 5.56 Å². The van der Waals surface area contributed by atoms with Gasteiger partial charge in [-0.2, -0.15) is 5.10 Å². The standard InChI is InChI=1S/C16H22BrN3O/c1-4-10-20-16(14(21-3)11-19-20)15(18-5-2)12-8-6-7-9-13(12)17/h6-9,11,15,18H,4-5,10H2,1-3H3. The first-order valence-electron chi connectivity index (χ1n) is 7.30. The lowest BCUT2D eigenvalue weighted by molar-refractivity contribution is 0.398. The molecule has 2 rings (SSSR count). The summed E-state index contributed by atoms with van der Waals surface area (Å²) in [5.41, 5.74) is 2.27. The fourth-order valence-electron chi connectivity index (χ4n) is 2.48. The molecule has 0 radical (unpaired) electrons. The maximum Gasteiger partial charge on any atom is 0.161 e. The zero-order valence-corrected chi connectivity index (χ0v) is 14.4. The van der Waals surface area contributed by atoms with Crippen molar-refractivity contribution in [2.45, 2.75) is 32.9 Å². The molecule has 1 atom stereocenters. The number of rotatable bonds is 7. The van der Waals surface area contributed by atoms with Gasteiger partial charge in [0.1, 0.15) is 5.69 Å². The molecule has 1 aromatic heterocycles. The monoisotopic (exact) mass is 351 g/mol. The molecule has 114 valence electrons. The quantitative estimate of drug-likeness (QED) is 0.825. The van der Waals surface area contributed by atoms with Gasteiger partial charge < -0.3 is 10.1 Å². The zero-order valence-electron chi connectivity index (χ0n) is 12.8. The van der Waals surface area contributed by atoms with Crippen LogP contribution in [0.1, 0.15) is 37.6 Å². The number of aromatic nitrogens is 2. The summed E-state index contributed by atoms with van der Waals surface area (Å²) in [6.45, 7) is 6.01. The summed E-state index contributed by atoms with van der Waals surface area (Å²) >= 11 is 3.65. The van der Waals surface area contributed by atoms with Crippen LogP contribution >= 0.6 is 15.9 Å². The largest absolute Gasteiger partial charge is 0.493 e. The molecule has 0 saturated heterocycles. The zero-order chi connectivity index (χ0) is 15.2. The Morgan fingerprint density at radius 2 is 2.10 bits per heavy atom. The Morgan fingerprint density at radius 1 is 1.33 bits per heavy atom. The fraction of sp³-hybridized carbons (Fsp3) is 0.438. The smallest absolute Gasteiger partial charge is 0.161 e. The van der Waals surface area contributed by atoms with Crippen LogP contribution in [0.5, 0.6) is 5.75 Å². The fourth-order valence-corrected chi connectivity index (χ4v) is 3.00. The number of nitrogens with one attached hydrogen (secondary N) is 1. The molecule has 0 amide bonds. The van der Waals surface area contributed by atoms with Crippen molar-refractivity contribution in [1.82, 2.24) is 15.1 Å². The van der Waals surface area contributed by atoms with Gasteiger partial charge in [0, 0.05) is 11.0 Å². The van der Waals surface area contributed by atoms with Crippen LogP contribution in [0.15, 0.2) is 34.9 Å². The molecule has 0 bridgehead atoms. The van der Waals surface area contributed by atoms with E-state index < -0.39 is 0 Å². The maximum atomic E-state index is 5.52. The number of halogens is 1. The van der Waals surface area contributed by atoms with Gasteiger partial charge in [-0.25, -0.2) is 0 Å². The summed E-state index contributed by atoms with van der Waals surface area (Å²) in [6, 6.07) is 8.32. The van der Waals surface area contributed by atoms with Gasteiger partial charge in [0.2, 0.25) is 0 Å². The van der Waals surface area contributed by atoms with Crippen LogP contribution < -0.4 is 10.1 Å². The van der Waals surface area contributed by atoms with Crippen LogP contribution in [-0.4, -0.2) is 23.4 Å². The van der Waals surface area contributed by atoms with E-state index >= 15 is 0 Å². The number of hydrogen-bond donors (Lipinski definition) is 1. The van der Waals surface area contributed by atoms with E-state index in [-0.39, 0.29) is 6.04 Å². The lowest BCUT2D eigenvalue weighted by Gasteiger charge is -2.22. The number of hydrogen-bond acceptors (Lipinski definition) is 3. The van der Waals surface area contributed by atoms with E-state index in [0.717, 1.165) is 35.4 Å². The van der Waals surface area contributed by atoms with Crippen LogP contribution in [-0.2, 0) is 6.54 Å². The molecule has 0 aliphatic rings. The van der Waals surface area contributed by atoms with Crippen molar-refractivity contribution < 1.29 is 4.74 Å². The minimum Gasteiger partial charge on any atom is -0.493 e. The van der Waals surface area contributed by atoms with Crippen molar-refractivity contribution >= 4 is 15.9 Å². The molecule has 4 nitrogen and oxygen atoms in total. The second-order valence-corrected chi connectivity index (χ2v) is 5.69. The molecule has 5 heteroatoms. The van der Waals surface area contributed by atoms with Gasteiger partial charge >= 0.3 is 0 Å². The van der Waals surface area contributed by atoms with E-state index in [0.29, 0.717) is 0 Å². The average molecular weight is 352 g/mol. The topological polar surface area (TPSA) is 39.1 Å². The Labute approximate surface area is 134 Å². The van der Waals surface area contributed by atoms with E-state index in [2.05, 4.69) is 58.4 Å². The molecule has 1 aromatic carbocycles. The molecule has 21 heavy (non-hydrogen) atoms. The Balaban J connectivity index is 2.52. The Bertz CT molecular complexity index is 583. The van der Waals surface area contributed by atoms with E-state index in [4.69, 9.17) is 4.74 Å². The molecule has 2 aromatic rings. The third-order valence-corrected chi connectivity index (χ3v) is 4.12. The number of nitrogens with zero attached hydrogens (tertiary/aromatic N) is 2. The van der Waals surface area contributed by atoms with Crippen molar-refractivity contribution in [3.8, 4) is 5.75 Å². The predicted octanol–water partition coefficient (Wildman–Crippen LogP) is 3.76. The lowest BCUT2D eigenvalue weighted by Crippen LogP contribution is -2.25. The van der Waals surface area contributed by atoms with Gasteiger partial charge in [-0.1, -0.05) is 48.0 Å². The molecule has 0 fully saturated rings. The minimum absolute atomic E-state index is 0.0505. The molecule has 0 spiro atoms. The highest BCUT2D eigenvalue weighted by Crippen LogP contribution is 2.33. The molecular weight excluding hydrogens is 330 g/mol. The van der Waals surface area contributed by atoms with Crippen molar-refractivity contribution in [1.29, 1.82) is 0 Å². The molecular formula is C16H22BrN3O. The summed E-state index contributed by atoms with van der Waals surface area (Å²) in [5.74, 6) is 0.824. The molecule has 0 saturated carbocycles. The van der Waals surface area contributed by atoms with Crippen molar-refractivity contribution in [2.75, 3.05) is 13.7 Å². The molecule has 1 N–H and O–H groups in total. The highest BCUT2D eigenvalue weighted by molar-refractivity contribution is 9.10. The normalized spacial score (nSPS) is 12.4. The highest BCUT2D eigenvalue weighted by atomic mass is 79.9. The van der Waals surface area contributed by atoms with Gasteiger partial charge in [0.05, 0.1) is 19.3 Å². The van der Waals surface area contributed by atoms with Crippen LogP contribution in [0.4, 0.5) is 0 Å². The Kier molecular flexibility index (Phi) is 5.82. The van der Waals surface area contributed by atoms with Crippen molar-refractivity contribution in [2.24, 2.45) is 0 Å². The minimum atomic E-state index is 0.0505. The molecule has 1 heterocycles. The molecule has 1 unspecified atom stereocenters. The summed E-state index contributed by atoms with van der Waals surface area (Å²) < 4.78 is 8.64. The third kappa shape index (κ3) is 3.47. The first kappa shape index (κ1) is 16.0. The van der Waals surface area contributed by atoms with Crippen LogP contribution in [0.3, 0.4) is 0 Å². The van der Waals surface area contributed by atoms with Crippen molar-refractivity contribution in [3.63, 3.8) is 0 Å². The van der Waals surface area contributed by atoms with E-state index in [9.17, 15) is 0 Å². The van der Waals surface area contributed by atoms with Gasteiger partial charge in [-0.05, 0) is 24.6 Å². The first-order valence-corrected chi connectivity index (χ1v) is 8.09.